The lowest BCUT2D eigenvalue weighted by molar-refractivity contribution is 0.108. The molecule has 4 rings (SSSR count). The molecule has 0 aliphatic carbocycles. The van der Waals surface area contributed by atoms with E-state index in [1.807, 2.05) is 43.3 Å². The molecule has 0 atom stereocenters. The van der Waals surface area contributed by atoms with Gasteiger partial charge in [0.1, 0.15) is 16.4 Å². The molecule has 0 saturated heterocycles. The summed E-state index contributed by atoms with van der Waals surface area (Å²) in [6, 6.07) is 11.4. The van der Waals surface area contributed by atoms with E-state index < -0.39 is 5.24 Å². The van der Waals surface area contributed by atoms with Gasteiger partial charge in [-0.25, -0.2) is 9.97 Å². The third-order valence-corrected chi connectivity index (χ3v) is 6.06. The smallest absolute Gasteiger partial charge is 0.262 e. The first-order valence-electron chi connectivity index (χ1n) is 8.99. The normalized spacial score (nSPS) is 10.9. The zero-order chi connectivity index (χ0) is 21.1. The van der Waals surface area contributed by atoms with Crippen LogP contribution >= 0.6 is 34.5 Å². The Morgan fingerprint density at radius 1 is 1.23 bits per heavy atom. The molecule has 3 aromatic heterocycles. The highest BCUT2D eigenvalue weighted by molar-refractivity contribution is 7.22. The molecule has 1 N–H and O–H groups in total. The summed E-state index contributed by atoms with van der Waals surface area (Å²) in [4.78, 5) is 26.5. The highest BCUT2D eigenvalue weighted by atomic mass is 35.5. The maximum atomic E-state index is 11.9. The number of hydrogen-bond donors (Lipinski definition) is 1. The van der Waals surface area contributed by atoms with Crippen molar-refractivity contribution >= 4 is 55.8 Å². The quantitative estimate of drug-likeness (QED) is 0.285. The number of halogens is 2. The van der Waals surface area contributed by atoms with E-state index in [0.29, 0.717) is 33.6 Å². The van der Waals surface area contributed by atoms with Gasteiger partial charge in [0.25, 0.3) is 5.24 Å². The van der Waals surface area contributed by atoms with Crippen molar-refractivity contribution < 1.29 is 9.53 Å². The minimum Gasteiger partial charge on any atom is -0.478 e. The topological polar surface area (TPSA) is 77.0 Å². The van der Waals surface area contributed by atoms with E-state index in [0.717, 1.165) is 22.1 Å². The Labute approximate surface area is 186 Å². The minimum absolute atomic E-state index is 0.0845. The second-order valence-corrected chi connectivity index (χ2v) is 7.96. The number of pyridine rings is 1. The number of rotatable bonds is 7. The van der Waals surface area contributed by atoms with Crippen LogP contribution < -0.4 is 10.1 Å². The Kier molecular flexibility index (Phi) is 6.13. The summed E-state index contributed by atoms with van der Waals surface area (Å²) in [7, 11) is 0. The molecule has 0 saturated carbocycles. The number of benzene rings is 1. The number of anilines is 1. The van der Waals surface area contributed by atoms with E-state index in [1.165, 1.54) is 11.3 Å². The molecular formula is C21H16Cl2N4O2S. The summed E-state index contributed by atoms with van der Waals surface area (Å²) in [5.74, 6) is 1.84. The van der Waals surface area contributed by atoms with Gasteiger partial charge in [0.05, 0.1) is 10.3 Å². The minimum atomic E-state index is -0.504. The average molecular weight is 459 g/mol. The van der Waals surface area contributed by atoms with Gasteiger partial charge < -0.3 is 10.1 Å². The number of alkyl halides is 1. The number of aromatic nitrogens is 3. The van der Waals surface area contributed by atoms with E-state index in [1.54, 1.807) is 12.4 Å². The summed E-state index contributed by atoms with van der Waals surface area (Å²) >= 11 is 12.7. The van der Waals surface area contributed by atoms with Crippen molar-refractivity contribution in [2.24, 2.45) is 0 Å². The van der Waals surface area contributed by atoms with Gasteiger partial charge in [-0.15, -0.1) is 11.3 Å². The maximum absolute atomic E-state index is 11.9. The number of hydrogen-bond acceptors (Lipinski definition) is 7. The number of fused-ring (bicyclic) bond motifs is 1. The fraction of sp³-hybridized carbons (Fsp3) is 0.143. The molecular weight excluding hydrogens is 443 g/mol. The summed E-state index contributed by atoms with van der Waals surface area (Å²) in [6.45, 7) is 2.35. The molecule has 0 aliphatic heterocycles. The van der Waals surface area contributed by atoms with Crippen LogP contribution in [0.4, 0.5) is 5.82 Å². The van der Waals surface area contributed by atoms with Crippen LogP contribution in [0.1, 0.15) is 20.8 Å². The molecule has 30 heavy (non-hydrogen) atoms. The van der Waals surface area contributed by atoms with Gasteiger partial charge in [-0.05, 0) is 53.9 Å². The standard InChI is InChI=1S/C21H16Cl2N4O2S/c1-12-16-20(25-9-13-4-2-6-15(8-13)29-11-22)26-19(14-5-3-7-24-10-14)27-21(16)30-17(12)18(23)28/h2-8,10H,9,11H2,1H3,(H,25,26,27). The molecule has 0 unspecified atom stereocenters. The number of carbonyl (C=O) groups excluding carboxylic acids is 1. The summed E-state index contributed by atoms with van der Waals surface area (Å²) < 4.78 is 5.35. The molecule has 1 aromatic carbocycles. The number of nitrogens with one attached hydrogen (secondary N) is 1. The average Bonchev–Trinajstić information content (AvgIpc) is 3.10. The molecule has 6 nitrogen and oxygen atoms in total. The summed E-state index contributed by atoms with van der Waals surface area (Å²) in [5.41, 5.74) is 2.54. The van der Waals surface area contributed by atoms with E-state index in [-0.39, 0.29) is 6.07 Å². The van der Waals surface area contributed by atoms with Crippen molar-refractivity contribution in [1.82, 2.24) is 15.0 Å². The molecule has 152 valence electrons. The Hall–Kier alpha value is -2.74. The lowest BCUT2D eigenvalue weighted by Gasteiger charge is -2.11. The molecule has 0 radical (unpaired) electrons. The molecule has 0 bridgehead atoms. The fourth-order valence-electron chi connectivity index (χ4n) is 3.07. The number of thiophene rings is 1. The van der Waals surface area contributed by atoms with Gasteiger partial charge in [-0.1, -0.05) is 23.7 Å². The van der Waals surface area contributed by atoms with E-state index >= 15 is 0 Å². The third-order valence-electron chi connectivity index (χ3n) is 4.47. The van der Waals surface area contributed by atoms with E-state index in [4.69, 9.17) is 32.9 Å². The molecule has 4 aromatic rings. The van der Waals surface area contributed by atoms with Crippen molar-refractivity contribution in [1.29, 1.82) is 0 Å². The molecule has 0 amide bonds. The first-order chi connectivity index (χ1) is 14.6. The first kappa shape index (κ1) is 20.5. The van der Waals surface area contributed by atoms with Gasteiger partial charge in [0.2, 0.25) is 0 Å². The first-order valence-corrected chi connectivity index (χ1v) is 10.7. The van der Waals surface area contributed by atoms with Crippen LogP contribution in [0.2, 0.25) is 0 Å². The second kappa shape index (κ2) is 8.95. The largest absolute Gasteiger partial charge is 0.478 e. The number of aryl methyl sites for hydroxylation is 1. The van der Waals surface area contributed by atoms with Crippen LogP contribution in [0.5, 0.6) is 5.75 Å². The van der Waals surface area contributed by atoms with Crippen LogP contribution in [0, 0.1) is 6.92 Å². The van der Waals surface area contributed by atoms with Gasteiger partial charge in [0, 0.05) is 24.5 Å². The zero-order valence-electron chi connectivity index (χ0n) is 15.9. The van der Waals surface area contributed by atoms with Gasteiger partial charge in [-0.3, -0.25) is 9.78 Å². The predicted octanol–water partition coefficient (Wildman–Crippen LogP) is 5.63. The van der Waals surface area contributed by atoms with E-state index in [9.17, 15) is 4.79 Å². The van der Waals surface area contributed by atoms with Crippen molar-refractivity contribution in [2.45, 2.75) is 13.5 Å². The number of carbonyl (C=O) groups is 1. The highest BCUT2D eigenvalue weighted by Crippen LogP contribution is 2.36. The summed E-state index contributed by atoms with van der Waals surface area (Å²) in [6.07, 6.45) is 3.39. The van der Waals surface area contributed by atoms with Gasteiger partial charge in [-0.2, -0.15) is 0 Å². The second-order valence-electron chi connectivity index (χ2n) is 6.40. The Balaban J connectivity index is 1.76. The van der Waals surface area contributed by atoms with Crippen LogP contribution in [-0.4, -0.2) is 26.3 Å². The van der Waals surface area contributed by atoms with E-state index in [2.05, 4.69) is 15.3 Å². The van der Waals surface area contributed by atoms with Crippen molar-refractivity contribution in [3.8, 4) is 17.1 Å². The van der Waals surface area contributed by atoms with Crippen molar-refractivity contribution in [3.63, 3.8) is 0 Å². The summed E-state index contributed by atoms with van der Waals surface area (Å²) in [5, 5.41) is 3.65. The van der Waals surface area contributed by atoms with Crippen molar-refractivity contribution in [2.75, 3.05) is 11.4 Å². The fourth-order valence-corrected chi connectivity index (χ4v) is 4.47. The molecule has 9 heteroatoms. The Bertz CT molecular complexity index is 1210. The lowest BCUT2D eigenvalue weighted by Crippen LogP contribution is -2.04. The zero-order valence-corrected chi connectivity index (χ0v) is 18.2. The molecule has 0 fully saturated rings. The van der Waals surface area contributed by atoms with Gasteiger partial charge in [0.15, 0.2) is 11.9 Å². The van der Waals surface area contributed by atoms with Crippen molar-refractivity contribution in [3.05, 3.63) is 64.8 Å². The Morgan fingerprint density at radius 3 is 2.83 bits per heavy atom. The lowest BCUT2D eigenvalue weighted by atomic mass is 10.2. The maximum Gasteiger partial charge on any atom is 0.262 e. The monoisotopic (exact) mass is 458 g/mol. The van der Waals surface area contributed by atoms with Crippen LogP contribution in [0.15, 0.2) is 48.8 Å². The van der Waals surface area contributed by atoms with Gasteiger partial charge >= 0.3 is 0 Å². The van der Waals surface area contributed by atoms with Crippen LogP contribution in [0.3, 0.4) is 0 Å². The molecule has 3 heterocycles. The third kappa shape index (κ3) is 4.23. The molecule has 0 spiro atoms. The predicted molar refractivity (Wildman–Crippen MR) is 121 cm³/mol. The Morgan fingerprint density at radius 2 is 2.10 bits per heavy atom. The molecule has 0 aliphatic rings. The number of nitrogens with zero attached hydrogens (tertiary/aromatic N) is 3. The van der Waals surface area contributed by atoms with Crippen LogP contribution in [-0.2, 0) is 6.54 Å². The van der Waals surface area contributed by atoms with Crippen LogP contribution in [0.25, 0.3) is 21.6 Å². The number of ether oxygens (including phenoxy) is 1. The highest BCUT2D eigenvalue weighted by Gasteiger charge is 2.20. The SMILES string of the molecule is Cc1c(C(=O)Cl)sc2nc(-c3cccnc3)nc(NCc3cccc(OCCl)c3)c12.